The molecule has 2 aliphatic carbocycles. The summed E-state index contributed by atoms with van der Waals surface area (Å²) in [6.45, 7) is 0.781. The third-order valence-electron chi connectivity index (χ3n) is 5.50. The van der Waals surface area contributed by atoms with E-state index < -0.39 is 6.10 Å². The number of aliphatic hydroxyl groups excluding tert-OH is 1. The quantitative estimate of drug-likeness (QED) is 0.897. The van der Waals surface area contributed by atoms with E-state index in [9.17, 15) is 9.90 Å². The third kappa shape index (κ3) is 3.70. The third-order valence-corrected chi connectivity index (χ3v) is 5.50. The number of hydrogen-bond acceptors (Lipinski definition) is 2. The van der Waals surface area contributed by atoms with Crippen LogP contribution in [-0.2, 0) is 4.79 Å². The van der Waals surface area contributed by atoms with Crippen LogP contribution in [0.4, 0.5) is 0 Å². The number of nitrogens with one attached hydrogen (secondary N) is 1. The first kappa shape index (κ1) is 15.5. The van der Waals surface area contributed by atoms with Crippen LogP contribution >= 0.6 is 0 Å². The maximum atomic E-state index is 12.1. The zero-order valence-corrected chi connectivity index (χ0v) is 13.2. The fourth-order valence-corrected chi connectivity index (χ4v) is 4.05. The number of amides is 1. The number of rotatable bonds is 4. The Morgan fingerprint density at radius 2 is 1.77 bits per heavy atom. The molecule has 2 atom stereocenters. The van der Waals surface area contributed by atoms with Crippen molar-refractivity contribution in [3.8, 4) is 0 Å². The summed E-state index contributed by atoms with van der Waals surface area (Å²) in [4.78, 5) is 12.1. The summed E-state index contributed by atoms with van der Waals surface area (Å²) in [5.41, 5.74) is 1.46. The van der Waals surface area contributed by atoms with E-state index in [1.54, 1.807) is 0 Å². The van der Waals surface area contributed by atoms with Crippen molar-refractivity contribution >= 4 is 5.91 Å². The highest BCUT2D eigenvalue weighted by molar-refractivity contribution is 5.79. The molecule has 1 amide bonds. The minimum atomic E-state index is -0.422. The van der Waals surface area contributed by atoms with Crippen molar-refractivity contribution in [3.05, 3.63) is 35.9 Å². The van der Waals surface area contributed by atoms with Gasteiger partial charge < -0.3 is 10.4 Å². The standard InChI is InChI=1S/C19H27NO2/c21-18-8-4-7-17(18)19(22)20-13-14-9-11-16(12-10-14)15-5-2-1-3-6-15/h1-3,5-6,14,16-18,21H,4,7-13H2,(H,20,22). The summed E-state index contributed by atoms with van der Waals surface area (Å²) in [7, 11) is 0. The predicted molar refractivity (Wildman–Crippen MR) is 87.5 cm³/mol. The Kier molecular flexibility index (Phi) is 5.14. The average Bonchev–Trinajstić information content (AvgIpc) is 3.00. The Morgan fingerprint density at radius 3 is 2.41 bits per heavy atom. The molecule has 2 unspecified atom stereocenters. The van der Waals surface area contributed by atoms with Crippen LogP contribution in [0.3, 0.4) is 0 Å². The lowest BCUT2D eigenvalue weighted by Gasteiger charge is -2.29. The molecule has 0 bridgehead atoms. The van der Waals surface area contributed by atoms with Gasteiger partial charge in [0.15, 0.2) is 0 Å². The Morgan fingerprint density at radius 1 is 1.05 bits per heavy atom. The summed E-state index contributed by atoms with van der Waals surface area (Å²) in [5.74, 6) is 1.18. The van der Waals surface area contributed by atoms with Crippen LogP contribution in [0.25, 0.3) is 0 Å². The van der Waals surface area contributed by atoms with Gasteiger partial charge in [0, 0.05) is 6.54 Å². The number of carbonyl (C=O) groups is 1. The Hall–Kier alpha value is -1.35. The van der Waals surface area contributed by atoms with Gasteiger partial charge in [-0.05, 0) is 62.3 Å². The summed E-state index contributed by atoms with van der Waals surface area (Å²) < 4.78 is 0. The highest BCUT2D eigenvalue weighted by atomic mass is 16.3. The summed E-state index contributed by atoms with van der Waals surface area (Å²) >= 11 is 0. The second-order valence-electron chi connectivity index (χ2n) is 6.98. The highest BCUT2D eigenvalue weighted by Crippen LogP contribution is 2.35. The molecule has 2 aliphatic rings. The molecule has 0 heterocycles. The monoisotopic (exact) mass is 301 g/mol. The number of benzene rings is 1. The van der Waals surface area contributed by atoms with Crippen molar-refractivity contribution in [2.45, 2.75) is 57.0 Å². The highest BCUT2D eigenvalue weighted by Gasteiger charge is 2.31. The molecule has 2 fully saturated rings. The fourth-order valence-electron chi connectivity index (χ4n) is 4.05. The largest absolute Gasteiger partial charge is 0.392 e. The van der Waals surface area contributed by atoms with Crippen molar-refractivity contribution in [1.82, 2.24) is 5.32 Å². The lowest BCUT2D eigenvalue weighted by molar-refractivity contribution is -0.127. The van der Waals surface area contributed by atoms with Crippen LogP contribution in [0, 0.1) is 11.8 Å². The van der Waals surface area contributed by atoms with Gasteiger partial charge in [-0.15, -0.1) is 0 Å². The van der Waals surface area contributed by atoms with Crippen LogP contribution in [0.15, 0.2) is 30.3 Å². The van der Waals surface area contributed by atoms with E-state index in [4.69, 9.17) is 0 Å². The fraction of sp³-hybridized carbons (Fsp3) is 0.632. The number of carbonyl (C=O) groups excluding carboxylic acids is 1. The molecule has 22 heavy (non-hydrogen) atoms. The second kappa shape index (κ2) is 7.28. The van der Waals surface area contributed by atoms with Gasteiger partial charge in [-0.2, -0.15) is 0 Å². The summed E-state index contributed by atoms with van der Waals surface area (Å²) in [5, 5.41) is 12.9. The number of hydrogen-bond donors (Lipinski definition) is 2. The van der Waals surface area contributed by atoms with Gasteiger partial charge in [0.1, 0.15) is 0 Å². The molecule has 0 aliphatic heterocycles. The molecule has 1 aromatic rings. The van der Waals surface area contributed by atoms with E-state index in [0.29, 0.717) is 11.8 Å². The lowest BCUT2D eigenvalue weighted by atomic mass is 9.78. The first-order valence-corrected chi connectivity index (χ1v) is 8.74. The minimum Gasteiger partial charge on any atom is -0.392 e. The molecule has 3 nitrogen and oxygen atoms in total. The topological polar surface area (TPSA) is 49.3 Å². The van der Waals surface area contributed by atoms with Crippen LogP contribution in [-0.4, -0.2) is 23.7 Å². The van der Waals surface area contributed by atoms with E-state index in [2.05, 4.69) is 35.6 Å². The first-order valence-electron chi connectivity index (χ1n) is 8.74. The molecular weight excluding hydrogens is 274 g/mol. The van der Waals surface area contributed by atoms with E-state index >= 15 is 0 Å². The van der Waals surface area contributed by atoms with E-state index in [0.717, 1.165) is 25.8 Å². The lowest BCUT2D eigenvalue weighted by Crippen LogP contribution is -2.38. The normalized spacial score (nSPS) is 31.9. The zero-order valence-electron chi connectivity index (χ0n) is 13.2. The average molecular weight is 301 g/mol. The molecule has 0 spiro atoms. The first-order chi connectivity index (χ1) is 10.7. The van der Waals surface area contributed by atoms with Crippen molar-refractivity contribution < 1.29 is 9.90 Å². The smallest absolute Gasteiger partial charge is 0.225 e. The predicted octanol–water partition coefficient (Wildman–Crippen LogP) is 3.24. The van der Waals surface area contributed by atoms with Crippen LogP contribution in [0.2, 0.25) is 0 Å². The van der Waals surface area contributed by atoms with Gasteiger partial charge in [-0.3, -0.25) is 4.79 Å². The molecule has 2 N–H and O–H groups in total. The van der Waals surface area contributed by atoms with Crippen molar-refractivity contribution in [2.24, 2.45) is 11.8 Å². The Bertz CT molecular complexity index is 479. The maximum Gasteiger partial charge on any atom is 0.225 e. The van der Waals surface area contributed by atoms with Gasteiger partial charge in [-0.1, -0.05) is 30.3 Å². The molecule has 120 valence electrons. The molecule has 0 aromatic heterocycles. The van der Waals surface area contributed by atoms with E-state index in [1.165, 1.54) is 31.2 Å². The molecule has 0 saturated heterocycles. The van der Waals surface area contributed by atoms with Crippen LogP contribution < -0.4 is 5.32 Å². The number of aliphatic hydroxyl groups is 1. The van der Waals surface area contributed by atoms with E-state index in [1.807, 2.05) is 0 Å². The SMILES string of the molecule is O=C(NCC1CCC(c2ccccc2)CC1)C1CCCC1O. The van der Waals surface area contributed by atoms with Crippen molar-refractivity contribution in [2.75, 3.05) is 6.54 Å². The van der Waals surface area contributed by atoms with Gasteiger partial charge in [0.2, 0.25) is 5.91 Å². The molecule has 1 aromatic carbocycles. The maximum absolute atomic E-state index is 12.1. The second-order valence-corrected chi connectivity index (χ2v) is 6.98. The van der Waals surface area contributed by atoms with E-state index in [-0.39, 0.29) is 11.8 Å². The van der Waals surface area contributed by atoms with Crippen molar-refractivity contribution in [3.63, 3.8) is 0 Å². The zero-order chi connectivity index (χ0) is 15.4. The molecule has 3 rings (SSSR count). The Labute approximate surface area is 133 Å². The van der Waals surface area contributed by atoms with Crippen LogP contribution in [0.5, 0.6) is 0 Å². The molecule has 2 saturated carbocycles. The Balaban J connectivity index is 1.41. The molecular formula is C19H27NO2. The van der Waals surface area contributed by atoms with Gasteiger partial charge in [-0.25, -0.2) is 0 Å². The molecule has 0 radical (unpaired) electrons. The van der Waals surface area contributed by atoms with Crippen LogP contribution in [0.1, 0.15) is 56.4 Å². The molecule has 3 heteroatoms. The van der Waals surface area contributed by atoms with Gasteiger partial charge in [0.05, 0.1) is 12.0 Å². The summed E-state index contributed by atoms with van der Waals surface area (Å²) in [6, 6.07) is 10.8. The van der Waals surface area contributed by atoms with Gasteiger partial charge >= 0.3 is 0 Å². The summed E-state index contributed by atoms with van der Waals surface area (Å²) in [6.07, 6.45) is 6.98. The van der Waals surface area contributed by atoms with Crippen molar-refractivity contribution in [1.29, 1.82) is 0 Å². The minimum absolute atomic E-state index is 0.0650. The van der Waals surface area contributed by atoms with Gasteiger partial charge in [0.25, 0.3) is 0 Å².